The standard InChI is InChI=1S/C12H22N2O3/c1-12(2,3)7-9-8-14(11(15)16)6-5-10(9)13-17-4/h9H,5-8H2,1-4H3,(H,15,16). The molecule has 5 heteroatoms. The van der Waals surface area contributed by atoms with Crippen LogP contribution in [0.2, 0.25) is 0 Å². The fraction of sp³-hybridized carbons (Fsp3) is 0.833. The number of likely N-dealkylation sites (tertiary alicyclic amines) is 1. The van der Waals surface area contributed by atoms with E-state index in [2.05, 4.69) is 25.9 Å². The van der Waals surface area contributed by atoms with E-state index in [0.29, 0.717) is 19.5 Å². The van der Waals surface area contributed by atoms with Gasteiger partial charge in [-0.05, 0) is 11.8 Å². The lowest BCUT2D eigenvalue weighted by molar-refractivity contribution is 0.130. The van der Waals surface area contributed by atoms with Crippen molar-refractivity contribution >= 4 is 11.8 Å². The Morgan fingerprint density at radius 2 is 2.24 bits per heavy atom. The fourth-order valence-corrected chi connectivity index (χ4v) is 2.25. The summed E-state index contributed by atoms with van der Waals surface area (Å²) < 4.78 is 0. The number of carboxylic acid groups (broad SMARTS) is 1. The summed E-state index contributed by atoms with van der Waals surface area (Å²) in [7, 11) is 1.53. The SMILES string of the molecule is CON=C1CCN(C(=O)O)CC1CC(C)(C)C. The molecular weight excluding hydrogens is 220 g/mol. The minimum atomic E-state index is -0.847. The van der Waals surface area contributed by atoms with Gasteiger partial charge in [-0.1, -0.05) is 25.9 Å². The summed E-state index contributed by atoms with van der Waals surface area (Å²) in [5, 5.41) is 13.1. The Hall–Kier alpha value is -1.26. The summed E-state index contributed by atoms with van der Waals surface area (Å²) in [4.78, 5) is 17.3. The number of oxime groups is 1. The second-order valence-electron chi connectivity index (χ2n) is 5.71. The molecule has 0 radical (unpaired) electrons. The van der Waals surface area contributed by atoms with Gasteiger partial charge in [0, 0.05) is 25.4 Å². The van der Waals surface area contributed by atoms with Gasteiger partial charge < -0.3 is 14.8 Å². The smallest absolute Gasteiger partial charge is 0.407 e. The largest absolute Gasteiger partial charge is 0.465 e. The van der Waals surface area contributed by atoms with Gasteiger partial charge in [-0.15, -0.1) is 0 Å². The van der Waals surface area contributed by atoms with E-state index in [1.165, 1.54) is 12.0 Å². The van der Waals surface area contributed by atoms with Gasteiger partial charge in [0.25, 0.3) is 0 Å². The summed E-state index contributed by atoms with van der Waals surface area (Å²) in [5.41, 5.74) is 1.14. The predicted octanol–water partition coefficient (Wildman–Crippen LogP) is 2.42. The maximum Gasteiger partial charge on any atom is 0.407 e. The second-order valence-corrected chi connectivity index (χ2v) is 5.71. The Kier molecular flexibility index (Phi) is 4.37. The van der Waals surface area contributed by atoms with Crippen molar-refractivity contribution < 1.29 is 14.7 Å². The summed E-state index contributed by atoms with van der Waals surface area (Å²) >= 11 is 0. The van der Waals surface area contributed by atoms with Crippen LogP contribution in [-0.4, -0.2) is 42.0 Å². The van der Waals surface area contributed by atoms with E-state index in [1.807, 2.05) is 0 Å². The molecule has 1 atom stereocenters. The van der Waals surface area contributed by atoms with Crippen LogP contribution < -0.4 is 0 Å². The number of amides is 1. The molecule has 1 unspecified atom stereocenters. The van der Waals surface area contributed by atoms with Crippen molar-refractivity contribution in [2.75, 3.05) is 20.2 Å². The average Bonchev–Trinajstić information content (AvgIpc) is 2.18. The van der Waals surface area contributed by atoms with Crippen LogP contribution in [-0.2, 0) is 4.84 Å². The Morgan fingerprint density at radius 3 is 2.71 bits per heavy atom. The quantitative estimate of drug-likeness (QED) is 0.756. The van der Waals surface area contributed by atoms with E-state index < -0.39 is 6.09 Å². The first-order valence-corrected chi connectivity index (χ1v) is 5.91. The number of hydrogen-bond donors (Lipinski definition) is 1. The number of hydrogen-bond acceptors (Lipinski definition) is 3. The van der Waals surface area contributed by atoms with Crippen LogP contribution >= 0.6 is 0 Å². The number of nitrogens with zero attached hydrogens (tertiary/aromatic N) is 2. The van der Waals surface area contributed by atoms with Gasteiger partial charge in [0.2, 0.25) is 0 Å². The highest BCUT2D eigenvalue weighted by Gasteiger charge is 2.31. The molecule has 1 amide bonds. The molecule has 1 saturated heterocycles. The zero-order valence-electron chi connectivity index (χ0n) is 11.1. The molecule has 1 fully saturated rings. The summed E-state index contributed by atoms with van der Waals surface area (Å²) in [6.45, 7) is 7.48. The Morgan fingerprint density at radius 1 is 1.59 bits per heavy atom. The van der Waals surface area contributed by atoms with E-state index in [9.17, 15) is 4.79 Å². The predicted molar refractivity (Wildman–Crippen MR) is 66.2 cm³/mol. The second kappa shape index (κ2) is 5.38. The molecule has 5 nitrogen and oxygen atoms in total. The van der Waals surface area contributed by atoms with Crippen LogP contribution in [0, 0.1) is 11.3 Å². The number of piperidine rings is 1. The lowest BCUT2D eigenvalue weighted by atomic mass is 9.80. The van der Waals surface area contributed by atoms with Gasteiger partial charge in [0.1, 0.15) is 7.11 Å². The van der Waals surface area contributed by atoms with E-state index in [4.69, 9.17) is 9.94 Å². The lowest BCUT2D eigenvalue weighted by Crippen LogP contribution is -2.44. The highest BCUT2D eigenvalue weighted by Crippen LogP contribution is 2.29. The third-order valence-corrected chi connectivity index (χ3v) is 2.89. The van der Waals surface area contributed by atoms with Gasteiger partial charge in [-0.2, -0.15) is 0 Å². The highest BCUT2D eigenvalue weighted by atomic mass is 16.6. The third-order valence-electron chi connectivity index (χ3n) is 2.89. The molecular formula is C12H22N2O3. The van der Waals surface area contributed by atoms with E-state index in [1.54, 1.807) is 0 Å². The van der Waals surface area contributed by atoms with Crippen molar-refractivity contribution in [1.29, 1.82) is 0 Å². The lowest BCUT2D eigenvalue weighted by Gasteiger charge is -2.34. The molecule has 1 aliphatic rings. The monoisotopic (exact) mass is 242 g/mol. The maximum absolute atomic E-state index is 11.0. The molecule has 1 rings (SSSR count). The molecule has 17 heavy (non-hydrogen) atoms. The third kappa shape index (κ3) is 4.24. The molecule has 0 aliphatic carbocycles. The molecule has 0 saturated carbocycles. The van der Waals surface area contributed by atoms with Crippen molar-refractivity contribution in [3.05, 3.63) is 0 Å². The molecule has 0 aromatic carbocycles. The molecule has 0 aromatic rings. The van der Waals surface area contributed by atoms with Crippen molar-refractivity contribution in [2.24, 2.45) is 16.5 Å². The first kappa shape index (κ1) is 13.8. The average molecular weight is 242 g/mol. The molecule has 98 valence electrons. The minimum Gasteiger partial charge on any atom is -0.465 e. The van der Waals surface area contributed by atoms with Crippen LogP contribution in [0.1, 0.15) is 33.6 Å². The maximum atomic E-state index is 11.0. The molecule has 1 N–H and O–H groups in total. The molecule has 0 bridgehead atoms. The molecule has 0 aromatic heterocycles. The van der Waals surface area contributed by atoms with Gasteiger partial charge in [-0.25, -0.2) is 4.79 Å². The summed E-state index contributed by atoms with van der Waals surface area (Å²) in [6, 6.07) is 0. The van der Waals surface area contributed by atoms with E-state index in [0.717, 1.165) is 12.1 Å². The van der Waals surface area contributed by atoms with Crippen LogP contribution in [0.4, 0.5) is 4.79 Å². The van der Waals surface area contributed by atoms with Crippen LogP contribution in [0.15, 0.2) is 5.16 Å². The zero-order valence-corrected chi connectivity index (χ0v) is 11.1. The first-order valence-electron chi connectivity index (χ1n) is 5.91. The Bertz CT molecular complexity index is 307. The summed E-state index contributed by atoms with van der Waals surface area (Å²) in [6.07, 6.45) is 0.736. The van der Waals surface area contributed by atoms with Crippen LogP contribution in [0.5, 0.6) is 0 Å². The molecule has 1 aliphatic heterocycles. The number of rotatable bonds is 2. The van der Waals surface area contributed by atoms with Gasteiger partial charge in [-0.3, -0.25) is 0 Å². The van der Waals surface area contributed by atoms with Crippen molar-refractivity contribution in [2.45, 2.75) is 33.6 Å². The van der Waals surface area contributed by atoms with Gasteiger partial charge >= 0.3 is 6.09 Å². The van der Waals surface area contributed by atoms with Crippen molar-refractivity contribution in [3.63, 3.8) is 0 Å². The van der Waals surface area contributed by atoms with Crippen molar-refractivity contribution in [1.82, 2.24) is 4.90 Å². The Labute approximate surface area is 102 Å². The number of carbonyl (C=O) groups is 1. The van der Waals surface area contributed by atoms with Crippen LogP contribution in [0.25, 0.3) is 0 Å². The summed E-state index contributed by atoms with van der Waals surface area (Å²) in [5.74, 6) is 0.166. The van der Waals surface area contributed by atoms with Crippen molar-refractivity contribution in [3.8, 4) is 0 Å². The first-order chi connectivity index (χ1) is 7.83. The van der Waals surface area contributed by atoms with E-state index >= 15 is 0 Å². The molecule has 0 spiro atoms. The van der Waals surface area contributed by atoms with Gasteiger partial charge in [0.05, 0.1) is 5.71 Å². The zero-order chi connectivity index (χ0) is 13.1. The highest BCUT2D eigenvalue weighted by molar-refractivity contribution is 5.88. The topological polar surface area (TPSA) is 62.1 Å². The van der Waals surface area contributed by atoms with Crippen LogP contribution in [0.3, 0.4) is 0 Å². The normalized spacial score (nSPS) is 23.9. The minimum absolute atomic E-state index is 0.153. The molecule has 1 heterocycles. The fourth-order valence-electron chi connectivity index (χ4n) is 2.25. The van der Waals surface area contributed by atoms with E-state index in [-0.39, 0.29) is 11.3 Å². The Balaban J connectivity index is 2.76. The van der Waals surface area contributed by atoms with Gasteiger partial charge in [0.15, 0.2) is 0 Å².